The summed E-state index contributed by atoms with van der Waals surface area (Å²) < 4.78 is 5.22. The first-order valence-corrected chi connectivity index (χ1v) is 7.12. The van der Waals surface area contributed by atoms with Crippen molar-refractivity contribution >= 4 is 0 Å². The van der Waals surface area contributed by atoms with Gasteiger partial charge in [-0.3, -0.25) is 5.10 Å². The van der Waals surface area contributed by atoms with Gasteiger partial charge in [-0.2, -0.15) is 5.10 Å². The smallest absolute Gasteiger partial charge is 0.181 e. The fourth-order valence-corrected chi connectivity index (χ4v) is 2.30. The van der Waals surface area contributed by atoms with Crippen molar-refractivity contribution in [2.24, 2.45) is 5.73 Å². The summed E-state index contributed by atoms with van der Waals surface area (Å²) in [5.74, 6) is 2.08. The molecule has 0 saturated heterocycles. The van der Waals surface area contributed by atoms with Crippen molar-refractivity contribution in [3.63, 3.8) is 0 Å². The first-order valence-electron chi connectivity index (χ1n) is 7.12. The molecule has 0 bridgehead atoms. The maximum Gasteiger partial charge on any atom is 0.181 e. The van der Waals surface area contributed by atoms with Crippen LogP contribution in [0.2, 0.25) is 0 Å². The van der Waals surface area contributed by atoms with E-state index in [1.54, 1.807) is 7.11 Å². The van der Waals surface area contributed by atoms with E-state index in [1.807, 2.05) is 42.5 Å². The molecule has 0 aliphatic heterocycles. The first kappa shape index (κ1) is 14.3. The molecule has 5 nitrogen and oxygen atoms in total. The van der Waals surface area contributed by atoms with Gasteiger partial charge >= 0.3 is 0 Å². The number of nitrogens with one attached hydrogen (secondary N) is 1. The number of aromatic amines is 1. The Morgan fingerprint density at radius 3 is 2.73 bits per heavy atom. The molecule has 1 aromatic heterocycles. The average Bonchev–Trinajstić information content (AvgIpc) is 3.06. The van der Waals surface area contributed by atoms with E-state index in [-0.39, 0.29) is 6.04 Å². The molecule has 1 heterocycles. The largest absolute Gasteiger partial charge is 0.497 e. The highest BCUT2D eigenvalue weighted by atomic mass is 16.5. The summed E-state index contributed by atoms with van der Waals surface area (Å²) in [5.41, 5.74) is 8.29. The van der Waals surface area contributed by atoms with E-state index in [0.29, 0.717) is 18.1 Å². The van der Waals surface area contributed by atoms with Crippen LogP contribution in [-0.4, -0.2) is 22.3 Å². The molecule has 5 heteroatoms. The lowest BCUT2D eigenvalue weighted by atomic mass is 10.1. The molecule has 0 radical (unpaired) electrons. The SMILES string of the molecule is COc1cccc(-c2n[nH]c(C(N)Cc3ccccc3)n2)c1. The third kappa shape index (κ3) is 3.15. The second-order valence-corrected chi connectivity index (χ2v) is 5.07. The van der Waals surface area contributed by atoms with Gasteiger partial charge in [0.15, 0.2) is 5.82 Å². The summed E-state index contributed by atoms with van der Waals surface area (Å²) in [6.45, 7) is 0. The molecule has 0 saturated carbocycles. The Bertz CT molecular complexity index is 739. The van der Waals surface area contributed by atoms with Crippen molar-refractivity contribution in [2.75, 3.05) is 7.11 Å². The predicted molar refractivity (Wildman–Crippen MR) is 85.4 cm³/mol. The van der Waals surface area contributed by atoms with E-state index in [1.165, 1.54) is 5.56 Å². The van der Waals surface area contributed by atoms with Crippen molar-refractivity contribution in [3.05, 3.63) is 66.0 Å². The third-order valence-corrected chi connectivity index (χ3v) is 3.48. The van der Waals surface area contributed by atoms with Crippen LogP contribution >= 0.6 is 0 Å². The molecule has 1 unspecified atom stereocenters. The lowest BCUT2D eigenvalue weighted by Crippen LogP contribution is -2.15. The van der Waals surface area contributed by atoms with Gasteiger partial charge in [0.05, 0.1) is 13.2 Å². The summed E-state index contributed by atoms with van der Waals surface area (Å²) >= 11 is 0. The predicted octanol–water partition coefficient (Wildman–Crippen LogP) is 2.72. The number of rotatable bonds is 5. The Hall–Kier alpha value is -2.66. The summed E-state index contributed by atoms with van der Waals surface area (Å²) in [6, 6.07) is 17.5. The number of H-pyrrole nitrogens is 1. The molecule has 1 atom stereocenters. The van der Waals surface area contributed by atoms with Gasteiger partial charge in [-0.25, -0.2) is 4.98 Å². The minimum Gasteiger partial charge on any atom is -0.497 e. The number of hydrogen-bond acceptors (Lipinski definition) is 4. The molecule has 0 fully saturated rings. The fourth-order valence-electron chi connectivity index (χ4n) is 2.30. The topological polar surface area (TPSA) is 76.8 Å². The molecule has 0 amide bonds. The van der Waals surface area contributed by atoms with Gasteiger partial charge in [-0.05, 0) is 24.1 Å². The average molecular weight is 294 g/mol. The lowest BCUT2D eigenvalue weighted by molar-refractivity contribution is 0.415. The Labute approximate surface area is 129 Å². The van der Waals surface area contributed by atoms with Gasteiger partial charge in [0.25, 0.3) is 0 Å². The highest BCUT2D eigenvalue weighted by molar-refractivity contribution is 5.57. The molecule has 0 aliphatic carbocycles. The zero-order valence-corrected chi connectivity index (χ0v) is 12.4. The standard InChI is InChI=1S/C17H18N4O/c1-22-14-9-5-8-13(11-14)16-19-17(21-20-16)15(18)10-12-6-3-2-4-7-12/h2-9,11,15H,10,18H2,1H3,(H,19,20,21). The van der Waals surface area contributed by atoms with Gasteiger partial charge in [-0.1, -0.05) is 42.5 Å². The lowest BCUT2D eigenvalue weighted by Gasteiger charge is -2.07. The van der Waals surface area contributed by atoms with Gasteiger partial charge < -0.3 is 10.5 Å². The normalized spacial score (nSPS) is 12.1. The molecule has 3 N–H and O–H groups in total. The molecule has 112 valence electrons. The molecule has 2 aromatic carbocycles. The highest BCUT2D eigenvalue weighted by Gasteiger charge is 2.13. The molecular formula is C17H18N4O. The van der Waals surface area contributed by atoms with E-state index in [0.717, 1.165) is 11.3 Å². The van der Waals surface area contributed by atoms with Crippen molar-refractivity contribution in [3.8, 4) is 17.1 Å². The summed E-state index contributed by atoms with van der Waals surface area (Å²) in [4.78, 5) is 4.50. The summed E-state index contributed by atoms with van der Waals surface area (Å²) in [5, 5.41) is 7.19. The van der Waals surface area contributed by atoms with E-state index < -0.39 is 0 Å². The van der Waals surface area contributed by atoms with Crippen LogP contribution < -0.4 is 10.5 Å². The monoisotopic (exact) mass is 294 g/mol. The number of benzene rings is 2. The third-order valence-electron chi connectivity index (χ3n) is 3.48. The van der Waals surface area contributed by atoms with Gasteiger partial charge in [0.1, 0.15) is 11.6 Å². The quantitative estimate of drug-likeness (QED) is 0.758. The van der Waals surface area contributed by atoms with Crippen LogP contribution in [0.5, 0.6) is 5.75 Å². The van der Waals surface area contributed by atoms with Crippen molar-refractivity contribution in [1.82, 2.24) is 15.2 Å². The van der Waals surface area contributed by atoms with Crippen LogP contribution in [-0.2, 0) is 6.42 Å². The Balaban J connectivity index is 1.78. The number of nitrogens with zero attached hydrogens (tertiary/aromatic N) is 2. The van der Waals surface area contributed by atoms with E-state index in [9.17, 15) is 0 Å². The van der Waals surface area contributed by atoms with Crippen molar-refractivity contribution in [2.45, 2.75) is 12.5 Å². The zero-order chi connectivity index (χ0) is 15.4. The van der Waals surface area contributed by atoms with Crippen LogP contribution in [0.3, 0.4) is 0 Å². The molecule has 0 aliphatic rings. The second kappa shape index (κ2) is 6.41. The van der Waals surface area contributed by atoms with Crippen LogP contribution in [0, 0.1) is 0 Å². The summed E-state index contributed by atoms with van der Waals surface area (Å²) in [7, 11) is 1.64. The van der Waals surface area contributed by atoms with Crippen LogP contribution in [0.25, 0.3) is 11.4 Å². The second-order valence-electron chi connectivity index (χ2n) is 5.07. The van der Waals surface area contributed by atoms with Crippen LogP contribution in [0.4, 0.5) is 0 Å². The first-order chi connectivity index (χ1) is 10.8. The molecule has 22 heavy (non-hydrogen) atoms. The zero-order valence-electron chi connectivity index (χ0n) is 12.4. The van der Waals surface area contributed by atoms with Gasteiger partial charge in [-0.15, -0.1) is 0 Å². The van der Waals surface area contributed by atoms with Gasteiger partial charge in [0, 0.05) is 5.56 Å². The van der Waals surface area contributed by atoms with Crippen LogP contribution in [0.15, 0.2) is 54.6 Å². The number of nitrogens with two attached hydrogens (primary N) is 1. The molecule has 0 spiro atoms. The van der Waals surface area contributed by atoms with E-state index >= 15 is 0 Å². The number of hydrogen-bond donors (Lipinski definition) is 2. The number of aromatic nitrogens is 3. The van der Waals surface area contributed by atoms with E-state index in [4.69, 9.17) is 10.5 Å². The fraction of sp³-hybridized carbons (Fsp3) is 0.176. The maximum absolute atomic E-state index is 6.22. The number of ether oxygens (including phenoxy) is 1. The van der Waals surface area contributed by atoms with Crippen molar-refractivity contribution in [1.29, 1.82) is 0 Å². The molecule has 3 aromatic rings. The Morgan fingerprint density at radius 2 is 1.95 bits per heavy atom. The summed E-state index contributed by atoms with van der Waals surface area (Å²) in [6.07, 6.45) is 0.716. The number of methoxy groups -OCH3 is 1. The molecule has 3 rings (SSSR count). The van der Waals surface area contributed by atoms with E-state index in [2.05, 4.69) is 27.3 Å². The van der Waals surface area contributed by atoms with Gasteiger partial charge in [0.2, 0.25) is 0 Å². The molecular weight excluding hydrogens is 276 g/mol. The highest BCUT2D eigenvalue weighted by Crippen LogP contribution is 2.22. The minimum absolute atomic E-state index is 0.214. The minimum atomic E-state index is -0.214. The maximum atomic E-state index is 6.22. The van der Waals surface area contributed by atoms with Crippen LogP contribution in [0.1, 0.15) is 17.4 Å². The Kier molecular flexibility index (Phi) is 4.16. The Morgan fingerprint density at radius 1 is 1.14 bits per heavy atom. The van der Waals surface area contributed by atoms with Crippen molar-refractivity contribution < 1.29 is 4.74 Å².